The summed E-state index contributed by atoms with van der Waals surface area (Å²) in [4.78, 5) is 19.1. The minimum atomic E-state index is -0.220. The largest absolute Gasteiger partial charge is 0.480 e. The van der Waals surface area contributed by atoms with E-state index in [2.05, 4.69) is 9.97 Å². The maximum atomic E-state index is 11.0. The molecule has 1 heterocycles. The Morgan fingerprint density at radius 1 is 1.54 bits per heavy atom. The van der Waals surface area contributed by atoms with Crippen molar-refractivity contribution in [3.8, 4) is 5.88 Å². The van der Waals surface area contributed by atoms with Gasteiger partial charge < -0.3 is 4.74 Å². The molecule has 0 fully saturated rings. The Morgan fingerprint density at radius 2 is 2.23 bits per heavy atom. The van der Waals surface area contributed by atoms with Gasteiger partial charge in [0.15, 0.2) is 0 Å². The van der Waals surface area contributed by atoms with Crippen LogP contribution in [0.5, 0.6) is 5.88 Å². The van der Waals surface area contributed by atoms with Crippen LogP contribution in [0, 0.1) is 0 Å². The molecule has 1 unspecified atom stereocenters. The zero-order valence-electron chi connectivity index (χ0n) is 7.94. The summed E-state index contributed by atoms with van der Waals surface area (Å²) < 4.78 is 4.90. The Labute approximate surface area is 77.0 Å². The van der Waals surface area contributed by atoms with Crippen molar-refractivity contribution in [3.63, 3.8) is 0 Å². The number of ether oxygens (including phenoxy) is 1. The van der Waals surface area contributed by atoms with Gasteiger partial charge in [-0.25, -0.2) is 4.98 Å². The Kier molecular flexibility index (Phi) is 2.95. The third kappa shape index (κ3) is 2.24. The van der Waals surface area contributed by atoms with Crippen molar-refractivity contribution in [2.75, 3.05) is 7.11 Å². The van der Waals surface area contributed by atoms with Gasteiger partial charge in [0.25, 0.3) is 0 Å². The second kappa shape index (κ2) is 3.98. The quantitative estimate of drug-likeness (QED) is 0.700. The van der Waals surface area contributed by atoms with Crippen molar-refractivity contribution >= 4 is 5.78 Å². The predicted molar refractivity (Wildman–Crippen MR) is 47.7 cm³/mol. The Bertz CT molecular complexity index is 312. The molecule has 1 rings (SSSR count). The monoisotopic (exact) mass is 180 g/mol. The summed E-state index contributed by atoms with van der Waals surface area (Å²) in [5.74, 6) is 0.288. The first-order valence-corrected chi connectivity index (χ1v) is 4.01. The topological polar surface area (TPSA) is 52.1 Å². The summed E-state index contributed by atoms with van der Waals surface area (Å²) in [7, 11) is 1.52. The molecule has 0 bridgehead atoms. The van der Waals surface area contributed by atoms with Gasteiger partial charge in [-0.15, -0.1) is 0 Å². The minimum absolute atomic E-state index is 0.0718. The van der Waals surface area contributed by atoms with Gasteiger partial charge in [-0.3, -0.25) is 9.78 Å². The van der Waals surface area contributed by atoms with Crippen LogP contribution in [-0.2, 0) is 4.79 Å². The van der Waals surface area contributed by atoms with Crippen molar-refractivity contribution in [2.45, 2.75) is 19.8 Å². The lowest BCUT2D eigenvalue weighted by molar-refractivity contribution is -0.118. The molecule has 0 aliphatic heterocycles. The molecule has 0 spiro atoms. The van der Waals surface area contributed by atoms with Crippen LogP contribution in [0.1, 0.15) is 25.5 Å². The number of rotatable bonds is 3. The van der Waals surface area contributed by atoms with E-state index in [9.17, 15) is 4.79 Å². The number of carbonyl (C=O) groups is 1. The number of nitrogens with zero attached hydrogens (tertiary/aromatic N) is 2. The van der Waals surface area contributed by atoms with Crippen molar-refractivity contribution in [1.82, 2.24) is 9.97 Å². The van der Waals surface area contributed by atoms with Crippen LogP contribution in [0.3, 0.4) is 0 Å². The average Bonchev–Trinajstić information content (AvgIpc) is 2.16. The highest BCUT2D eigenvalue weighted by Crippen LogP contribution is 2.14. The van der Waals surface area contributed by atoms with Crippen LogP contribution in [-0.4, -0.2) is 22.9 Å². The van der Waals surface area contributed by atoms with E-state index >= 15 is 0 Å². The standard InChI is InChI=1S/C9H12N2O2/c1-6(7(2)12)8-4-10-5-9(11-8)13-3/h4-6H,1-3H3. The summed E-state index contributed by atoms with van der Waals surface area (Å²) in [5.41, 5.74) is 0.645. The summed E-state index contributed by atoms with van der Waals surface area (Å²) >= 11 is 0. The molecule has 0 radical (unpaired) electrons. The van der Waals surface area contributed by atoms with E-state index in [4.69, 9.17) is 4.74 Å². The highest BCUT2D eigenvalue weighted by Gasteiger charge is 2.12. The van der Waals surface area contributed by atoms with E-state index in [0.717, 1.165) is 0 Å². The Hall–Kier alpha value is -1.45. The van der Waals surface area contributed by atoms with Gasteiger partial charge >= 0.3 is 0 Å². The van der Waals surface area contributed by atoms with Gasteiger partial charge in [0.2, 0.25) is 5.88 Å². The van der Waals surface area contributed by atoms with E-state index in [1.807, 2.05) is 0 Å². The van der Waals surface area contributed by atoms with Gasteiger partial charge in [0.1, 0.15) is 5.78 Å². The summed E-state index contributed by atoms with van der Waals surface area (Å²) in [5, 5.41) is 0. The number of carbonyl (C=O) groups excluding carboxylic acids is 1. The number of hydrogen-bond acceptors (Lipinski definition) is 4. The SMILES string of the molecule is COc1cncc(C(C)C(C)=O)n1. The molecule has 1 atom stereocenters. The van der Waals surface area contributed by atoms with Gasteiger partial charge in [-0.1, -0.05) is 0 Å². The van der Waals surface area contributed by atoms with Gasteiger partial charge in [-0.05, 0) is 13.8 Å². The molecule has 0 N–H and O–H groups in total. The minimum Gasteiger partial charge on any atom is -0.480 e. The van der Waals surface area contributed by atoms with E-state index in [0.29, 0.717) is 11.6 Å². The summed E-state index contributed by atoms with van der Waals surface area (Å²) in [6.07, 6.45) is 3.09. The molecule has 0 aliphatic carbocycles. The molecule has 0 saturated heterocycles. The molecular formula is C9H12N2O2. The lowest BCUT2D eigenvalue weighted by Gasteiger charge is -2.06. The molecule has 70 valence electrons. The van der Waals surface area contributed by atoms with E-state index < -0.39 is 0 Å². The second-order valence-corrected chi connectivity index (χ2v) is 2.82. The molecule has 1 aromatic rings. The lowest BCUT2D eigenvalue weighted by atomic mass is 10.0. The number of aromatic nitrogens is 2. The number of methoxy groups -OCH3 is 1. The second-order valence-electron chi connectivity index (χ2n) is 2.82. The summed E-state index contributed by atoms with van der Waals surface area (Å²) in [6, 6.07) is 0. The summed E-state index contributed by atoms with van der Waals surface area (Å²) in [6.45, 7) is 3.33. The van der Waals surface area contributed by atoms with Gasteiger partial charge in [-0.2, -0.15) is 0 Å². The molecule has 13 heavy (non-hydrogen) atoms. The van der Waals surface area contributed by atoms with Crippen LogP contribution in [0.15, 0.2) is 12.4 Å². The normalized spacial score (nSPS) is 12.2. The van der Waals surface area contributed by atoms with Gasteiger partial charge in [0, 0.05) is 6.20 Å². The van der Waals surface area contributed by atoms with Crippen LogP contribution in [0.4, 0.5) is 0 Å². The Balaban J connectivity index is 2.94. The first kappa shape index (κ1) is 9.64. The molecule has 4 heteroatoms. The molecule has 0 aliphatic rings. The average molecular weight is 180 g/mol. The molecule has 1 aromatic heterocycles. The first-order valence-electron chi connectivity index (χ1n) is 4.01. The van der Waals surface area contributed by atoms with Crippen LogP contribution < -0.4 is 4.74 Å². The lowest BCUT2D eigenvalue weighted by Crippen LogP contribution is -2.07. The zero-order chi connectivity index (χ0) is 9.84. The smallest absolute Gasteiger partial charge is 0.232 e. The number of hydrogen-bond donors (Lipinski definition) is 0. The van der Waals surface area contributed by atoms with Crippen LogP contribution >= 0.6 is 0 Å². The number of Topliss-reactive ketones (excluding diaryl/α,β-unsaturated/α-hetero) is 1. The maximum Gasteiger partial charge on any atom is 0.232 e. The number of ketones is 1. The third-order valence-electron chi connectivity index (χ3n) is 1.89. The molecule has 0 saturated carbocycles. The molecule has 4 nitrogen and oxygen atoms in total. The van der Waals surface area contributed by atoms with Crippen molar-refractivity contribution in [2.24, 2.45) is 0 Å². The van der Waals surface area contributed by atoms with Gasteiger partial charge in [0.05, 0.1) is 24.9 Å². The van der Waals surface area contributed by atoms with Crippen LogP contribution in [0.25, 0.3) is 0 Å². The molecule has 0 aromatic carbocycles. The molecular weight excluding hydrogens is 168 g/mol. The van der Waals surface area contributed by atoms with E-state index in [1.54, 1.807) is 13.1 Å². The fourth-order valence-corrected chi connectivity index (χ4v) is 0.878. The van der Waals surface area contributed by atoms with Crippen molar-refractivity contribution in [3.05, 3.63) is 18.1 Å². The van der Waals surface area contributed by atoms with Crippen molar-refractivity contribution in [1.29, 1.82) is 0 Å². The van der Waals surface area contributed by atoms with E-state index in [-0.39, 0.29) is 11.7 Å². The first-order chi connectivity index (χ1) is 6.15. The highest BCUT2D eigenvalue weighted by atomic mass is 16.5. The highest BCUT2D eigenvalue weighted by molar-refractivity contribution is 5.82. The fourth-order valence-electron chi connectivity index (χ4n) is 0.878. The van der Waals surface area contributed by atoms with E-state index in [1.165, 1.54) is 20.2 Å². The third-order valence-corrected chi connectivity index (χ3v) is 1.89. The van der Waals surface area contributed by atoms with Crippen molar-refractivity contribution < 1.29 is 9.53 Å². The van der Waals surface area contributed by atoms with Crippen LogP contribution in [0.2, 0.25) is 0 Å². The fraction of sp³-hybridized carbons (Fsp3) is 0.444. The zero-order valence-corrected chi connectivity index (χ0v) is 7.94. The predicted octanol–water partition coefficient (Wildman–Crippen LogP) is 1.18. The Morgan fingerprint density at radius 3 is 2.77 bits per heavy atom. The molecule has 0 amide bonds. The maximum absolute atomic E-state index is 11.0.